The molecule has 0 bridgehead atoms. The van der Waals surface area contributed by atoms with Crippen molar-refractivity contribution in [3.8, 4) is 0 Å². The SMILES string of the molecule is CC1CN(c2c([N+](=O)[O-])cnc3c2CCC3)CC(NC(=O)OC(C)(C)C)C1(C)O. The van der Waals surface area contributed by atoms with Crippen molar-refractivity contribution in [3.63, 3.8) is 0 Å². The van der Waals surface area contributed by atoms with E-state index in [2.05, 4.69) is 10.3 Å². The van der Waals surface area contributed by atoms with E-state index in [1.807, 2.05) is 11.8 Å². The van der Waals surface area contributed by atoms with Crippen molar-refractivity contribution >= 4 is 17.5 Å². The van der Waals surface area contributed by atoms with Crippen LogP contribution in [0.2, 0.25) is 0 Å². The number of pyridine rings is 1. The summed E-state index contributed by atoms with van der Waals surface area (Å²) in [5.74, 6) is -0.235. The van der Waals surface area contributed by atoms with Gasteiger partial charge in [0, 0.05) is 30.3 Å². The summed E-state index contributed by atoms with van der Waals surface area (Å²) in [4.78, 5) is 29.8. The van der Waals surface area contributed by atoms with Gasteiger partial charge in [-0.2, -0.15) is 0 Å². The standard InChI is InChI=1S/C20H30N4O5/c1-12-10-23(11-16(20(12,5)26)22-18(25)29-19(2,3)4)17-13-7-6-8-14(13)21-9-15(17)24(27)28/h9,12,16,26H,6-8,10-11H2,1-5H3,(H,22,25). The summed E-state index contributed by atoms with van der Waals surface area (Å²) in [6, 6.07) is -0.647. The number of ether oxygens (including phenoxy) is 1. The van der Waals surface area contributed by atoms with Gasteiger partial charge in [0.2, 0.25) is 0 Å². The van der Waals surface area contributed by atoms with Gasteiger partial charge in [0.25, 0.3) is 0 Å². The lowest BCUT2D eigenvalue weighted by molar-refractivity contribution is -0.384. The minimum atomic E-state index is -1.18. The van der Waals surface area contributed by atoms with Crippen molar-refractivity contribution in [2.24, 2.45) is 5.92 Å². The van der Waals surface area contributed by atoms with Gasteiger partial charge in [-0.1, -0.05) is 6.92 Å². The highest BCUT2D eigenvalue weighted by molar-refractivity contribution is 5.71. The molecule has 1 saturated heterocycles. The fourth-order valence-corrected chi connectivity index (χ4v) is 4.13. The molecule has 1 amide bonds. The van der Waals surface area contributed by atoms with Gasteiger partial charge in [-0.3, -0.25) is 15.1 Å². The topological polar surface area (TPSA) is 118 Å². The highest BCUT2D eigenvalue weighted by atomic mass is 16.6. The Morgan fingerprint density at radius 2 is 2.10 bits per heavy atom. The van der Waals surface area contributed by atoms with Crippen LogP contribution in [0.1, 0.15) is 52.3 Å². The molecule has 29 heavy (non-hydrogen) atoms. The quantitative estimate of drug-likeness (QED) is 0.585. The molecule has 0 aromatic carbocycles. The Bertz CT molecular complexity index is 818. The molecule has 2 aliphatic rings. The molecule has 0 saturated carbocycles. The van der Waals surface area contributed by atoms with Crippen molar-refractivity contribution in [2.45, 2.75) is 71.1 Å². The Balaban J connectivity index is 1.93. The van der Waals surface area contributed by atoms with E-state index in [-0.39, 0.29) is 18.2 Å². The third-order valence-corrected chi connectivity index (χ3v) is 5.86. The second-order valence-electron chi connectivity index (χ2n) is 9.26. The maximum Gasteiger partial charge on any atom is 0.408 e. The zero-order valence-corrected chi connectivity index (χ0v) is 17.7. The first-order valence-corrected chi connectivity index (χ1v) is 10.0. The minimum absolute atomic E-state index is 0.0320. The minimum Gasteiger partial charge on any atom is -0.444 e. The van der Waals surface area contributed by atoms with Crippen molar-refractivity contribution in [2.75, 3.05) is 18.0 Å². The summed E-state index contributed by atoms with van der Waals surface area (Å²) < 4.78 is 5.35. The first-order chi connectivity index (χ1) is 13.4. The van der Waals surface area contributed by atoms with Crippen LogP contribution in [0, 0.1) is 16.0 Å². The number of hydrogen-bond donors (Lipinski definition) is 2. The number of aryl methyl sites for hydroxylation is 1. The number of rotatable bonds is 3. The van der Waals surface area contributed by atoms with Crippen molar-refractivity contribution in [3.05, 3.63) is 27.6 Å². The fraction of sp³-hybridized carbons (Fsp3) is 0.700. The number of hydrogen-bond acceptors (Lipinski definition) is 7. The van der Waals surface area contributed by atoms with Crippen LogP contribution in [0.5, 0.6) is 0 Å². The molecule has 1 aliphatic carbocycles. The second kappa shape index (κ2) is 7.44. The molecule has 1 aromatic heterocycles. The Hall–Kier alpha value is -2.42. The second-order valence-corrected chi connectivity index (χ2v) is 9.26. The number of anilines is 1. The number of amides is 1. The van der Waals surface area contributed by atoms with Crippen LogP contribution in [0.25, 0.3) is 0 Å². The summed E-state index contributed by atoms with van der Waals surface area (Å²) >= 11 is 0. The van der Waals surface area contributed by atoms with E-state index in [0.717, 1.165) is 30.5 Å². The summed E-state index contributed by atoms with van der Waals surface area (Å²) in [6.07, 6.45) is 3.17. The van der Waals surface area contributed by atoms with E-state index in [4.69, 9.17) is 4.74 Å². The number of fused-ring (bicyclic) bond motifs is 1. The fourth-order valence-electron chi connectivity index (χ4n) is 4.13. The normalized spacial score (nSPS) is 26.8. The largest absolute Gasteiger partial charge is 0.444 e. The molecule has 1 aromatic rings. The predicted octanol–water partition coefficient (Wildman–Crippen LogP) is 2.58. The first kappa shape index (κ1) is 21.3. The predicted molar refractivity (Wildman–Crippen MR) is 108 cm³/mol. The van der Waals surface area contributed by atoms with Gasteiger partial charge in [0.1, 0.15) is 17.5 Å². The molecule has 9 nitrogen and oxygen atoms in total. The van der Waals surface area contributed by atoms with Crippen LogP contribution in [-0.4, -0.2) is 51.4 Å². The van der Waals surface area contributed by atoms with Crippen LogP contribution in [0.15, 0.2) is 6.20 Å². The number of carbonyl (C=O) groups excluding carboxylic acids is 1. The van der Waals surface area contributed by atoms with Crippen LogP contribution >= 0.6 is 0 Å². The van der Waals surface area contributed by atoms with Gasteiger partial charge in [0.15, 0.2) is 0 Å². The number of alkyl carbamates (subject to hydrolysis) is 1. The Labute approximate surface area is 170 Å². The molecule has 1 aliphatic heterocycles. The zero-order valence-electron chi connectivity index (χ0n) is 17.7. The average Bonchev–Trinajstić information content (AvgIpc) is 3.05. The number of nitro groups is 1. The molecule has 2 heterocycles. The number of aromatic nitrogens is 1. The summed E-state index contributed by atoms with van der Waals surface area (Å²) in [5.41, 5.74) is 0.487. The van der Waals surface area contributed by atoms with Gasteiger partial charge < -0.3 is 20.1 Å². The highest BCUT2D eigenvalue weighted by Crippen LogP contribution is 2.40. The van der Waals surface area contributed by atoms with E-state index in [1.54, 1.807) is 27.7 Å². The molecule has 0 spiro atoms. The zero-order chi connectivity index (χ0) is 21.6. The lowest BCUT2D eigenvalue weighted by Crippen LogP contribution is -2.65. The van der Waals surface area contributed by atoms with E-state index < -0.39 is 28.3 Å². The lowest BCUT2D eigenvalue weighted by Gasteiger charge is -2.48. The maximum absolute atomic E-state index is 12.3. The molecule has 9 heteroatoms. The molecule has 1 fully saturated rings. The van der Waals surface area contributed by atoms with Crippen LogP contribution in [0.4, 0.5) is 16.2 Å². The number of nitrogens with one attached hydrogen (secondary N) is 1. The third-order valence-electron chi connectivity index (χ3n) is 5.86. The highest BCUT2D eigenvalue weighted by Gasteiger charge is 2.46. The van der Waals surface area contributed by atoms with Crippen LogP contribution in [-0.2, 0) is 17.6 Å². The van der Waals surface area contributed by atoms with Gasteiger partial charge in [-0.05, 0) is 47.0 Å². The lowest BCUT2D eigenvalue weighted by atomic mass is 9.79. The van der Waals surface area contributed by atoms with Gasteiger partial charge in [-0.25, -0.2) is 4.79 Å². The number of nitrogens with zero attached hydrogens (tertiary/aromatic N) is 3. The summed E-state index contributed by atoms with van der Waals surface area (Å²) in [5, 5.41) is 25.5. The summed E-state index contributed by atoms with van der Waals surface area (Å²) in [6.45, 7) is 9.55. The van der Waals surface area contributed by atoms with E-state index in [1.165, 1.54) is 6.20 Å². The number of piperidine rings is 1. The number of aliphatic hydroxyl groups is 1. The Morgan fingerprint density at radius 3 is 2.72 bits per heavy atom. The Kier molecular flexibility index (Phi) is 5.46. The number of carbonyl (C=O) groups is 1. The van der Waals surface area contributed by atoms with E-state index in [0.29, 0.717) is 12.2 Å². The molecule has 3 rings (SSSR count). The van der Waals surface area contributed by atoms with Crippen molar-refractivity contribution in [1.29, 1.82) is 0 Å². The monoisotopic (exact) mass is 406 g/mol. The van der Waals surface area contributed by atoms with E-state index >= 15 is 0 Å². The molecule has 160 valence electrons. The first-order valence-electron chi connectivity index (χ1n) is 10.0. The van der Waals surface area contributed by atoms with Gasteiger partial charge in [0.05, 0.1) is 16.6 Å². The maximum atomic E-state index is 12.3. The molecule has 3 unspecified atom stereocenters. The average molecular weight is 406 g/mol. The van der Waals surface area contributed by atoms with Gasteiger partial charge >= 0.3 is 11.8 Å². The van der Waals surface area contributed by atoms with Crippen molar-refractivity contribution in [1.82, 2.24) is 10.3 Å². The third kappa shape index (κ3) is 4.29. The molecule has 0 radical (unpaired) electrons. The van der Waals surface area contributed by atoms with Gasteiger partial charge in [-0.15, -0.1) is 0 Å². The van der Waals surface area contributed by atoms with E-state index in [9.17, 15) is 20.0 Å². The molecule has 2 N–H and O–H groups in total. The summed E-state index contributed by atoms with van der Waals surface area (Å²) in [7, 11) is 0. The van der Waals surface area contributed by atoms with Crippen LogP contribution in [0.3, 0.4) is 0 Å². The Morgan fingerprint density at radius 1 is 1.41 bits per heavy atom. The smallest absolute Gasteiger partial charge is 0.408 e. The van der Waals surface area contributed by atoms with Crippen LogP contribution < -0.4 is 10.2 Å². The molecular weight excluding hydrogens is 376 g/mol. The molecular formula is C20H30N4O5. The molecule has 3 atom stereocenters. The van der Waals surface area contributed by atoms with Crippen molar-refractivity contribution < 1.29 is 19.6 Å².